The minimum Gasteiger partial charge on any atom is -0.508 e. The van der Waals surface area contributed by atoms with E-state index in [0.29, 0.717) is 12.3 Å². The number of anilines is 1. The molecule has 2 heterocycles. The standard InChI is InChI=1S/C20H23NO6/c1-24-20-16(21-13-8-5-9-14(22)10-13)17(23)18-15(26-20)11-25-19(27-18)12-6-3-2-4-7-12/h2-10,15-23H,11H2,1H3/t15?,16?,17?,18-,19?,20+/m1/s1. The number of hydrogen-bond acceptors (Lipinski definition) is 7. The van der Waals surface area contributed by atoms with Gasteiger partial charge in [-0.2, -0.15) is 0 Å². The van der Waals surface area contributed by atoms with E-state index in [2.05, 4.69) is 5.32 Å². The first-order valence-corrected chi connectivity index (χ1v) is 8.89. The van der Waals surface area contributed by atoms with Crippen molar-refractivity contribution in [2.75, 3.05) is 19.0 Å². The summed E-state index contributed by atoms with van der Waals surface area (Å²) in [5, 5.41) is 23.8. The van der Waals surface area contributed by atoms with Crippen molar-refractivity contribution < 1.29 is 29.2 Å². The lowest BCUT2D eigenvalue weighted by atomic mass is 9.95. The van der Waals surface area contributed by atoms with Gasteiger partial charge in [-0.1, -0.05) is 36.4 Å². The highest BCUT2D eigenvalue weighted by atomic mass is 16.7. The Morgan fingerprint density at radius 3 is 2.63 bits per heavy atom. The Kier molecular flexibility index (Phi) is 5.29. The Bertz CT molecular complexity index is 757. The van der Waals surface area contributed by atoms with Crippen LogP contribution in [0.4, 0.5) is 5.69 Å². The van der Waals surface area contributed by atoms with Crippen LogP contribution in [-0.4, -0.2) is 54.6 Å². The van der Waals surface area contributed by atoms with Gasteiger partial charge in [-0.25, -0.2) is 0 Å². The summed E-state index contributed by atoms with van der Waals surface area (Å²) < 4.78 is 23.2. The molecule has 0 saturated carbocycles. The predicted molar refractivity (Wildman–Crippen MR) is 97.2 cm³/mol. The van der Waals surface area contributed by atoms with Crippen LogP contribution < -0.4 is 5.32 Å². The van der Waals surface area contributed by atoms with E-state index in [1.807, 2.05) is 30.3 Å². The van der Waals surface area contributed by atoms with Crippen LogP contribution >= 0.6 is 0 Å². The van der Waals surface area contributed by atoms with E-state index < -0.39 is 36.9 Å². The molecule has 0 radical (unpaired) electrons. The zero-order chi connectivity index (χ0) is 18.8. The number of phenols is 1. The molecular weight excluding hydrogens is 350 g/mol. The van der Waals surface area contributed by atoms with Crippen LogP contribution in [-0.2, 0) is 18.9 Å². The number of fused-ring (bicyclic) bond motifs is 1. The molecule has 2 aliphatic heterocycles. The van der Waals surface area contributed by atoms with Crippen LogP contribution in [0.15, 0.2) is 54.6 Å². The quantitative estimate of drug-likeness (QED) is 0.755. The molecule has 6 atom stereocenters. The number of phenolic OH excluding ortho intramolecular Hbond substituents is 1. The second-order valence-electron chi connectivity index (χ2n) is 6.67. The Hall–Kier alpha value is -2.16. The second-order valence-corrected chi connectivity index (χ2v) is 6.67. The van der Waals surface area contributed by atoms with E-state index in [0.717, 1.165) is 5.56 Å². The van der Waals surface area contributed by atoms with Crippen molar-refractivity contribution in [1.29, 1.82) is 0 Å². The van der Waals surface area contributed by atoms with Crippen LogP contribution in [0.3, 0.4) is 0 Å². The van der Waals surface area contributed by atoms with Crippen molar-refractivity contribution in [3.8, 4) is 5.75 Å². The number of rotatable bonds is 4. The highest BCUT2D eigenvalue weighted by Crippen LogP contribution is 2.35. The van der Waals surface area contributed by atoms with Crippen LogP contribution in [0.1, 0.15) is 11.9 Å². The molecule has 144 valence electrons. The third-order valence-electron chi connectivity index (χ3n) is 4.85. The number of methoxy groups -OCH3 is 1. The van der Waals surface area contributed by atoms with E-state index in [1.165, 1.54) is 7.11 Å². The largest absolute Gasteiger partial charge is 0.508 e. The maximum Gasteiger partial charge on any atom is 0.184 e. The zero-order valence-corrected chi connectivity index (χ0v) is 14.9. The summed E-state index contributed by atoms with van der Waals surface area (Å²) >= 11 is 0. The number of benzene rings is 2. The Morgan fingerprint density at radius 2 is 1.89 bits per heavy atom. The smallest absolute Gasteiger partial charge is 0.184 e. The van der Waals surface area contributed by atoms with Crippen LogP contribution in [0.5, 0.6) is 5.75 Å². The Morgan fingerprint density at radius 1 is 1.07 bits per heavy atom. The van der Waals surface area contributed by atoms with Gasteiger partial charge in [0.2, 0.25) is 0 Å². The molecule has 0 aromatic heterocycles. The molecule has 4 rings (SSSR count). The topological polar surface area (TPSA) is 89.4 Å². The monoisotopic (exact) mass is 373 g/mol. The van der Waals surface area contributed by atoms with Crippen molar-refractivity contribution >= 4 is 5.69 Å². The molecule has 4 unspecified atom stereocenters. The summed E-state index contributed by atoms with van der Waals surface area (Å²) in [5.41, 5.74) is 1.53. The van der Waals surface area contributed by atoms with E-state index in [1.54, 1.807) is 24.3 Å². The lowest BCUT2D eigenvalue weighted by Gasteiger charge is -2.47. The molecule has 0 amide bonds. The average molecular weight is 373 g/mol. The van der Waals surface area contributed by atoms with Gasteiger partial charge in [0.05, 0.1) is 6.61 Å². The molecule has 0 aliphatic carbocycles. The maximum atomic E-state index is 11.0. The highest BCUT2D eigenvalue weighted by molar-refractivity contribution is 5.49. The number of hydrogen-bond donors (Lipinski definition) is 3. The van der Waals surface area contributed by atoms with Gasteiger partial charge < -0.3 is 34.5 Å². The van der Waals surface area contributed by atoms with Gasteiger partial charge in [0.15, 0.2) is 12.6 Å². The summed E-state index contributed by atoms with van der Waals surface area (Å²) in [4.78, 5) is 0. The molecule has 2 aromatic carbocycles. The third-order valence-corrected chi connectivity index (χ3v) is 4.85. The third kappa shape index (κ3) is 3.78. The fourth-order valence-electron chi connectivity index (χ4n) is 3.51. The van der Waals surface area contributed by atoms with Crippen molar-refractivity contribution in [1.82, 2.24) is 0 Å². The first-order chi connectivity index (χ1) is 13.2. The molecule has 2 aromatic rings. The number of aliphatic hydroxyl groups excluding tert-OH is 1. The summed E-state index contributed by atoms with van der Waals surface area (Å²) in [6.45, 7) is 0.292. The second kappa shape index (κ2) is 7.84. The van der Waals surface area contributed by atoms with E-state index in [-0.39, 0.29) is 5.75 Å². The average Bonchev–Trinajstić information content (AvgIpc) is 2.70. The fraction of sp³-hybridized carbons (Fsp3) is 0.400. The van der Waals surface area contributed by atoms with Gasteiger partial charge in [-0.05, 0) is 12.1 Å². The lowest BCUT2D eigenvalue weighted by molar-refractivity contribution is -0.337. The van der Waals surface area contributed by atoms with Crippen molar-refractivity contribution in [2.24, 2.45) is 0 Å². The van der Waals surface area contributed by atoms with E-state index in [4.69, 9.17) is 18.9 Å². The van der Waals surface area contributed by atoms with Gasteiger partial charge >= 0.3 is 0 Å². The van der Waals surface area contributed by atoms with E-state index in [9.17, 15) is 10.2 Å². The van der Waals surface area contributed by atoms with Gasteiger partial charge in [0.1, 0.15) is 30.1 Å². The molecule has 3 N–H and O–H groups in total. The maximum absolute atomic E-state index is 11.0. The summed E-state index contributed by atoms with van der Waals surface area (Å²) in [6.07, 6.45) is -3.17. The van der Waals surface area contributed by atoms with Gasteiger partial charge in [0, 0.05) is 24.4 Å². The van der Waals surface area contributed by atoms with Gasteiger partial charge in [-0.3, -0.25) is 0 Å². The van der Waals surface area contributed by atoms with Crippen molar-refractivity contribution in [3.05, 3.63) is 60.2 Å². The minimum absolute atomic E-state index is 0.129. The number of nitrogens with one attached hydrogen (secondary N) is 1. The number of aliphatic hydroxyl groups is 1. The minimum atomic E-state index is -0.897. The van der Waals surface area contributed by atoms with Gasteiger partial charge in [-0.15, -0.1) is 0 Å². The molecule has 27 heavy (non-hydrogen) atoms. The lowest BCUT2D eigenvalue weighted by Crippen LogP contribution is -2.64. The van der Waals surface area contributed by atoms with Crippen molar-refractivity contribution in [3.63, 3.8) is 0 Å². The first-order valence-electron chi connectivity index (χ1n) is 8.89. The molecular formula is C20H23NO6. The Labute approximate surface area is 157 Å². The molecule has 2 aliphatic rings. The zero-order valence-electron chi connectivity index (χ0n) is 14.9. The predicted octanol–water partition coefficient (Wildman–Crippen LogP) is 2.02. The first kappa shape index (κ1) is 18.2. The molecule has 7 nitrogen and oxygen atoms in total. The fourth-order valence-corrected chi connectivity index (χ4v) is 3.51. The normalized spacial score (nSPS) is 33.3. The molecule has 7 heteroatoms. The summed E-state index contributed by atoms with van der Waals surface area (Å²) in [5.74, 6) is 0.129. The van der Waals surface area contributed by atoms with E-state index >= 15 is 0 Å². The SMILES string of the molecule is CO[C@H]1OC2COC(c3ccccc3)O[C@H]2C(O)C1Nc1cccc(O)c1. The van der Waals surface area contributed by atoms with Crippen LogP contribution in [0.2, 0.25) is 0 Å². The van der Waals surface area contributed by atoms with Gasteiger partial charge in [0.25, 0.3) is 0 Å². The molecule has 0 spiro atoms. The highest BCUT2D eigenvalue weighted by Gasteiger charge is 2.49. The molecule has 2 saturated heterocycles. The summed E-state index contributed by atoms with van der Waals surface area (Å²) in [6, 6.07) is 15.7. The van der Waals surface area contributed by atoms with Crippen LogP contribution in [0, 0.1) is 0 Å². The number of ether oxygens (including phenoxy) is 4. The molecule has 2 fully saturated rings. The number of aromatic hydroxyl groups is 1. The Balaban J connectivity index is 1.53. The van der Waals surface area contributed by atoms with Crippen molar-refractivity contribution in [2.45, 2.75) is 36.9 Å². The summed E-state index contributed by atoms with van der Waals surface area (Å²) in [7, 11) is 1.52. The van der Waals surface area contributed by atoms with Crippen LogP contribution in [0.25, 0.3) is 0 Å². The molecule has 0 bridgehead atoms.